The molecular weight excluding hydrogens is 252 g/mol. The fourth-order valence-electron chi connectivity index (χ4n) is 3.20. The van der Waals surface area contributed by atoms with Gasteiger partial charge in [-0.3, -0.25) is 0 Å². The van der Waals surface area contributed by atoms with Crippen molar-refractivity contribution < 1.29 is 0 Å². The Kier molecular flexibility index (Phi) is 3.35. The lowest BCUT2D eigenvalue weighted by Gasteiger charge is -2.39. The van der Waals surface area contributed by atoms with Gasteiger partial charge in [-0.1, -0.05) is 26.0 Å². The van der Waals surface area contributed by atoms with Crippen LogP contribution < -0.4 is 5.73 Å². The molecule has 1 heterocycles. The summed E-state index contributed by atoms with van der Waals surface area (Å²) in [5, 5.41) is 1.20. The number of fused-ring (bicyclic) bond motifs is 1. The van der Waals surface area contributed by atoms with Gasteiger partial charge in [0.1, 0.15) is 0 Å². The van der Waals surface area contributed by atoms with Crippen molar-refractivity contribution in [3.05, 3.63) is 29.3 Å². The first-order chi connectivity index (χ1) is 9.06. The molecule has 3 heteroatoms. The number of rotatable bonds is 2. The van der Waals surface area contributed by atoms with E-state index >= 15 is 0 Å². The molecule has 19 heavy (non-hydrogen) atoms. The molecule has 0 aliphatic heterocycles. The molecule has 0 amide bonds. The van der Waals surface area contributed by atoms with E-state index < -0.39 is 0 Å². The summed E-state index contributed by atoms with van der Waals surface area (Å²) in [5.74, 6) is 1.54. The molecule has 3 unspecified atom stereocenters. The van der Waals surface area contributed by atoms with Gasteiger partial charge in [0.05, 0.1) is 15.2 Å². The summed E-state index contributed by atoms with van der Waals surface area (Å²) in [6.45, 7) is 4.69. The maximum atomic E-state index is 6.63. The first-order valence-corrected chi connectivity index (χ1v) is 8.01. The van der Waals surface area contributed by atoms with Crippen molar-refractivity contribution in [1.29, 1.82) is 0 Å². The molecule has 2 aromatic rings. The Morgan fingerprint density at radius 2 is 2.11 bits per heavy atom. The third-order valence-corrected chi connectivity index (χ3v) is 5.68. The van der Waals surface area contributed by atoms with Crippen molar-refractivity contribution in [2.45, 2.75) is 45.1 Å². The van der Waals surface area contributed by atoms with E-state index in [-0.39, 0.29) is 5.54 Å². The third kappa shape index (κ3) is 2.67. The van der Waals surface area contributed by atoms with Gasteiger partial charge in [0.2, 0.25) is 0 Å². The Balaban J connectivity index is 1.80. The predicted octanol–water partition coefficient (Wildman–Crippen LogP) is 3.99. The summed E-state index contributed by atoms with van der Waals surface area (Å²) >= 11 is 1.80. The number of hydrogen-bond donors (Lipinski definition) is 1. The maximum Gasteiger partial charge on any atom is 0.0956 e. The molecule has 1 aromatic carbocycles. The van der Waals surface area contributed by atoms with E-state index in [9.17, 15) is 0 Å². The van der Waals surface area contributed by atoms with Crippen LogP contribution >= 0.6 is 11.3 Å². The second-order valence-electron chi connectivity index (χ2n) is 6.31. The van der Waals surface area contributed by atoms with Crippen molar-refractivity contribution in [2.75, 3.05) is 0 Å². The molecule has 0 spiro atoms. The number of aromatic nitrogens is 1. The van der Waals surface area contributed by atoms with E-state index in [2.05, 4.69) is 38.1 Å². The SMILES string of the molecule is CC1CCC(N)(Cc2nc3ccccc3s2)CC1C. The molecule has 1 aromatic heterocycles. The van der Waals surface area contributed by atoms with E-state index in [1.54, 1.807) is 11.3 Å². The summed E-state index contributed by atoms with van der Waals surface area (Å²) in [7, 11) is 0. The Labute approximate surface area is 119 Å². The molecule has 0 radical (unpaired) electrons. The van der Waals surface area contributed by atoms with E-state index in [0.29, 0.717) is 0 Å². The van der Waals surface area contributed by atoms with Crippen LogP contribution in [0.5, 0.6) is 0 Å². The second kappa shape index (κ2) is 4.88. The normalized spacial score (nSPS) is 31.7. The molecule has 102 valence electrons. The summed E-state index contributed by atoms with van der Waals surface area (Å²) in [5.41, 5.74) is 7.70. The smallest absolute Gasteiger partial charge is 0.0956 e. The average Bonchev–Trinajstić information content (AvgIpc) is 2.76. The van der Waals surface area contributed by atoms with Crippen molar-refractivity contribution in [1.82, 2.24) is 4.98 Å². The molecule has 3 rings (SSSR count). The van der Waals surface area contributed by atoms with Crippen LogP contribution in [0.3, 0.4) is 0 Å². The fraction of sp³-hybridized carbons (Fsp3) is 0.562. The van der Waals surface area contributed by atoms with Gasteiger partial charge in [0.15, 0.2) is 0 Å². The highest BCUT2D eigenvalue weighted by molar-refractivity contribution is 7.18. The highest BCUT2D eigenvalue weighted by atomic mass is 32.1. The molecule has 3 atom stereocenters. The molecule has 0 bridgehead atoms. The van der Waals surface area contributed by atoms with Crippen LogP contribution in [0.25, 0.3) is 10.2 Å². The number of para-hydroxylation sites is 1. The average molecular weight is 274 g/mol. The lowest BCUT2D eigenvalue weighted by atomic mass is 9.70. The zero-order valence-electron chi connectivity index (χ0n) is 11.7. The number of nitrogens with two attached hydrogens (primary N) is 1. The van der Waals surface area contributed by atoms with Crippen LogP contribution in [-0.2, 0) is 6.42 Å². The van der Waals surface area contributed by atoms with Crippen LogP contribution in [0.4, 0.5) is 0 Å². The predicted molar refractivity (Wildman–Crippen MR) is 82.4 cm³/mol. The van der Waals surface area contributed by atoms with Crippen LogP contribution in [0.1, 0.15) is 38.1 Å². The third-order valence-electron chi connectivity index (χ3n) is 4.64. The van der Waals surface area contributed by atoms with Gasteiger partial charge in [0.25, 0.3) is 0 Å². The summed E-state index contributed by atoms with van der Waals surface area (Å²) in [6, 6.07) is 8.36. The van der Waals surface area contributed by atoms with E-state index in [4.69, 9.17) is 10.7 Å². The topological polar surface area (TPSA) is 38.9 Å². The Morgan fingerprint density at radius 3 is 2.84 bits per heavy atom. The van der Waals surface area contributed by atoms with Gasteiger partial charge in [-0.05, 0) is 43.2 Å². The van der Waals surface area contributed by atoms with Gasteiger partial charge in [-0.15, -0.1) is 11.3 Å². The van der Waals surface area contributed by atoms with Crippen LogP contribution in [0.15, 0.2) is 24.3 Å². The standard InChI is InChI=1S/C16H22N2S/c1-11-7-8-16(17,9-12(11)2)10-15-18-13-5-3-4-6-14(13)19-15/h3-6,11-12H,7-10,17H2,1-2H3. The van der Waals surface area contributed by atoms with Crippen molar-refractivity contribution in [3.63, 3.8) is 0 Å². The first kappa shape index (κ1) is 13.1. The molecule has 1 aliphatic rings. The minimum atomic E-state index is -0.0419. The van der Waals surface area contributed by atoms with Gasteiger partial charge >= 0.3 is 0 Å². The largest absolute Gasteiger partial charge is 0.325 e. The van der Waals surface area contributed by atoms with Crippen LogP contribution in [0, 0.1) is 11.8 Å². The molecule has 2 N–H and O–H groups in total. The van der Waals surface area contributed by atoms with Gasteiger partial charge in [0, 0.05) is 12.0 Å². The second-order valence-corrected chi connectivity index (χ2v) is 7.43. The lowest BCUT2D eigenvalue weighted by molar-refractivity contribution is 0.176. The van der Waals surface area contributed by atoms with Gasteiger partial charge in [-0.25, -0.2) is 4.98 Å². The van der Waals surface area contributed by atoms with Crippen molar-refractivity contribution in [2.24, 2.45) is 17.6 Å². The van der Waals surface area contributed by atoms with E-state index in [1.165, 1.54) is 16.1 Å². The quantitative estimate of drug-likeness (QED) is 0.899. The van der Waals surface area contributed by atoms with Crippen molar-refractivity contribution in [3.8, 4) is 0 Å². The van der Waals surface area contributed by atoms with Gasteiger partial charge < -0.3 is 5.73 Å². The lowest BCUT2D eigenvalue weighted by Crippen LogP contribution is -2.47. The van der Waals surface area contributed by atoms with Crippen LogP contribution in [0.2, 0.25) is 0 Å². The summed E-state index contributed by atoms with van der Waals surface area (Å²) in [6.07, 6.45) is 4.45. The number of benzene rings is 1. The Morgan fingerprint density at radius 1 is 1.32 bits per heavy atom. The Bertz CT molecular complexity index is 544. The van der Waals surface area contributed by atoms with E-state index in [0.717, 1.165) is 36.6 Å². The minimum absolute atomic E-state index is 0.0419. The molecule has 1 fully saturated rings. The zero-order chi connectivity index (χ0) is 13.5. The zero-order valence-corrected chi connectivity index (χ0v) is 12.5. The fourth-order valence-corrected chi connectivity index (χ4v) is 4.32. The van der Waals surface area contributed by atoms with Crippen molar-refractivity contribution >= 4 is 21.6 Å². The first-order valence-electron chi connectivity index (χ1n) is 7.19. The molecule has 2 nitrogen and oxygen atoms in total. The highest BCUT2D eigenvalue weighted by Crippen LogP contribution is 2.37. The molecule has 0 saturated heterocycles. The maximum absolute atomic E-state index is 6.63. The highest BCUT2D eigenvalue weighted by Gasteiger charge is 2.35. The minimum Gasteiger partial charge on any atom is -0.325 e. The van der Waals surface area contributed by atoms with Gasteiger partial charge in [-0.2, -0.15) is 0 Å². The molecular formula is C16H22N2S. The number of nitrogens with zero attached hydrogens (tertiary/aromatic N) is 1. The number of hydrogen-bond acceptors (Lipinski definition) is 3. The molecule has 1 aliphatic carbocycles. The summed E-state index contributed by atoms with van der Waals surface area (Å²) < 4.78 is 1.28. The number of thiazole rings is 1. The van der Waals surface area contributed by atoms with E-state index in [1.807, 2.05) is 0 Å². The molecule has 1 saturated carbocycles. The van der Waals surface area contributed by atoms with Crippen LogP contribution in [-0.4, -0.2) is 10.5 Å². The Hall–Kier alpha value is -0.930. The summed E-state index contributed by atoms with van der Waals surface area (Å²) in [4.78, 5) is 4.73. The monoisotopic (exact) mass is 274 g/mol.